The lowest BCUT2D eigenvalue weighted by Gasteiger charge is -2.20. The molecule has 21 heavy (non-hydrogen) atoms. The zero-order chi connectivity index (χ0) is 15.5. The van der Waals surface area contributed by atoms with Crippen LogP contribution >= 0.6 is 0 Å². The minimum Gasteiger partial charge on any atom is -0.497 e. The number of methoxy groups -OCH3 is 1. The molecule has 112 valence electrons. The van der Waals surface area contributed by atoms with Gasteiger partial charge in [0, 0.05) is 18.1 Å². The van der Waals surface area contributed by atoms with Crippen LogP contribution in [0.3, 0.4) is 0 Å². The Morgan fingerprint density at radius 1 is 1.24 bits per heavy atom. The highest BCUT2D eigenvalue weighted by molar-refractivity contribution is 5.56. The summed E-state index contributed by atoms with van der Waals surface area (Å²) in [7, 11) is 1.33. The van der Waals surface area contributed by atoms with E-state index in [0.29, 0.717) is 0 Å². The van der Waals surface area contributed by atoms with Crippen LogP contribution in [0.25, 0.3) is 0 Å². The molecule has 2 aromatic rings. The van der Waals surface area contributed by atoms with Gasteiger partial charge in [0.05, 0.1) is 18.7 Å². The number of anilines is 1. The highest BCUT2D eigenvalue weighted by Crippen LogP contribution is 2.38. The quantitative estimate of drug-likeness (QED) is 0.914. The molecule has 0 saturated carbocycles. The van der Waals surface area contributed by atoms with Crippen molar-refractivity contribution >= 4 is 5.69 Å². The summed E-state index contributed by atoms with van der Waals surface area (Å²) in [5, 5.41) is 2.87. The Hall–Kier alpha value is -2.24. The molecule has 0 aliphatic carbocycles. The fourth-order valence-electron chi connectivity index (χ4n) is 1.96. The third-order valence-corrected chi connectivity index (χ3v) is 3.09. The standard InChI is InChI=1S/C15H15F3N2O/c1-10(11-4-3-7-19-9-11)20-14-6-5-12(21-2)8-13(14)15(16,17)18/h3-10,20H,1-2H3. The first-order valence-electron chi connectivity index (χ1n) is 6.33. The summed E-state index contributed by atoms with van der Waals surface area (Å²) in [5.41, 5.74) is 0.0682. The molecule has 1 N–H and O–H groups in total. The van der Waals surface area contributed by atoms with E-state index >= 15 is 0 Å². The number of hydrogen-bond acceptors (Lipinski definition) is 3. The summed E-state index contributed by atoms with van der Waals surface area (Å²) in [6.45, 7) is 1.78. The normalized spacial score (nSPS) is 12.8. The number of alkyl halides is 3. The summed E-state index contributed by atoms with van der Waals surface area (Å²) in [6.07, 6.45) is -1.22. The van der Waals surface area contributed by atoms with Gasteiger partial charge >= 0.3 is 6.18 Å². The fourth-order valence-corrected chi connectivity index (χ4v) is 1.96. The van der Waals surface area contributed by atoms with E-state index < -0.39 is 11.7 Å². The Morgan fingerprint density at radius 3 is 2.57 bits per heavy atom. The van der Waals surface area contributed by atoms with Crippen molar-refractivity contribution in [2.75, 3.05) is 12.4 Å². The fraction of sp³-hybridized carbons (Fsp3) is 0.267. The molecule has 0 amide bonds. The van der Waals surface area contributed by atoms with Crippen LogP contribution in [0.2, 0.25) is 0 Å². The number of aromatic nitrogens is 1. The van der Waals surface area contributed by atoms with Gasteiger partial charge in [0.2, 0.25) is 0 Å². The number of benzene rings is 1. The lowest BCUT2D eigenvalue weighted by Crippen LogP contribution is -2.13. The zero-order valence-corrected chi connectivity index (χ0v) is 11.6. The van der Waals surface area contributed by atoms with Crippen LogP contribution in [0.1, 0.15) is 24.1 Å². The van der Waals surface area contributed by atoms with Crippen LogP contribution in [0.15, 0.2) is 42.7 Å². The molecular formula is C15H15F3N2O. The van der Waals surface area contributed by atoms with Crippen LogP contribution in [0, 0.1) is 0 Å². The third kappa shape index (κ3) is 3.65. The Balaban J connectivity index is 2.31. The minimum atomic E-state index is -4.45. The van der Waals surface area contributed by atoms with Gasteiger partial charge in [-0.3, -0.25) is 4.98 Å². The van der Waals surface area contributed by atoms with Gasteiger partial charge in [-0.1, -0.05) is 6.07 Å². The second-order valence-electron chi connectivity index (χ2n) is 4.56. The van der Waals surface area contributed by atoms with E-state index in [1.807, 2.05) is 0 Å². The van der Waals surface area contributed by atoms with Crippen LogP contribution in [-0.2, 0) is 6.18 Å². The third-order valence-electron chi connectivity index (χ3n) is 3.09. The van der Waals surface area contributed by atoms with E-state index in [1.165, 1.54) is 19.2 Å². The molecule has 0 spiro atoms. The van der Waals surface area contributed by atoms with E-state index in [0.717, 1.165) is 11.6 Å². The summed E-state index contributed by atoms with van der Waals surface area (Å²) in [4.78, 5) is 3.96. The molecule has 3 nitrogen and oxygen atoms in total. The first-order chi connectivity index (χ1) is 9.91. The van der Waals surface area contributed by atoms with Gasteiger partial charge in [-0.05, 0) is 36.8 Å². The van der Waals surface area contributed by atoms with E-state index in [2.05, 4.69) is 10.3 Å². The van der Waals surface area contributed by atoms with E-state index in [-0.39, 0.29) is 17.5 Å². The lowest BCUT2D eigenvalue weighted by atomic mass is 10.1. The van der Waals surface area contributed by atoms with Crippen molar-refractivity contribution in [1.82, 2.24) is 4.98 Å². The van der Waals surface area contributed by atoms with Crippen molar-refractivity contribution in [3.8, 4) is 5.75 Å². The van der Waals surface area contributed by atoms with Gasteiger partial charge in [0.15, 0.2) is 0 Å². The maximum Gasteiger partial charge on any atom is 0.418 e. The Morgan fingerprint density at radius 2 is 2.00 bits per heavy atom. The first-order valence-corrected chi connectivity index (χ1v) is 6.33. The van der Waals surface area contributed by atoms with Crippen LogP contribution in [0.5, 0.6) is 5.75 Å². The van der Waals surface area contributed by atoms with Crippen molar-refractivity contribution in [1.29, 1.82) is 0 Å². The molecule has 0 aliphatic rings. The number of ether oxygens (including phenoxy) is 1. The Labute approximate surface area is 120 Å². The number of nitrogens with one attached hydrogen (secondary N) is 1. The number of halogens is 3. The Kier molecular flexibility index (Phi) is 4.35. The first kappa shape index (κ1) is 15.2. The molecule has 6 heteroatoms. The minimum absolute atomic E-state index is 0.0136. The number of nitrogens with zero attached hydrogens (tertiary/aromatic N) is 1. The van der Waals surface area contributed by atoms with Gasteiger partial charge in [-0.2, -0.15) is 13.2 Å². The zero-order valence-electron chi connectivity index (χ0n) is 11.6. The van der Waals surface area contributed by atoms with E-state index in [4.69, 9.17) is 4.74 Å². The van der Waals surface area contributed by atoms with E-state index in [1.54, 1.807) is 31.5 Å². The second kappa shape index (κ2) is 6.03. The summed E-state index contributed by atoms with van der Waals surface area (Å²) in [5.74, 6) is 0.168. The van der Waals surface area contributed by atoms with Crippen molar-refractivity contribution in [3.63, 3.8) is 0 Å². The summed E-state index contributed by atoms with van der Waals surface area (Å²) < 4.78 is 44.2. The SMILES string of the molecule is COc1ccc(NC(C)c2cccnc2)c(C(F)(F)F)c1. The number of rotatable bonds is 4. The van der Waals surface area contributed by atoms with Gasteiger partial charge < -0.3 is 10.1 Å². The molecule has 1 atom stereocenters. The van der Waals surface area contributed by atoms with E-state index in [9.17, 15) is 13.2 Å². The van der Waals surface area contributed by atoms with Crippen molar-refractivity contribution in [2.24, 2.45) is 0 Å². The topological polar surface area (TPSA) is 34.1 Å². The second-order valence-corrected chi connectivity index (χ2v) is 4.56. The van der Waals surface area contributed by atoms with Crippen LogP contribution in [-0.4, -0.2) is 12.1 Å². The molecular weight excluding hydrogens is 281 g/mol. The molecule has 0 aliphatic heterocycles. The molecule has 0 radical (unpaired) electrons. The smallest absolute Gasteiger partial charge is 0.418 e. The lowest BCUT2D eigenvalue weighted by molar-refractivity contribution is -0.137. The van der Waals surface area contributed by atoms with Crippen molar-refractivity contribution in [2.45, 2.75) is 19.1 Å². The maximum absolute atomic E-state index is 13.1. The summed E-state index contributed by atoms with van der Waals surface area (Å²) >= 11 is 0. The van der Waals surface area contributed by atoms with Gasteiger partial charge in [0.25, 0.3) is 0 Å². The highest BCUT2D eigenvalue weighted by atomic mass is 19.4. The van der Waals surface area contributed by atoms with Gasteiger partial charge in [-0.15, -0.1) is 0 Å². The average Bonchev–Trinajstić information content (AvgIpc) is 2.47. The molecule has 1 heterocycles. The monoisotopic (exact) mass is 296 g/mol. The molecule has 0 fully saturated rings. The van der Waals surface area contributed by atoms with Gasteiger partial charge in [0.1, 0.15) is 5.75 Å². The van der Waals surface area contributed by atoms with Crippen molar-refractivity contribution in [3.05, 3.63) is 53.9 Å². The van der Waals surface area contributed by atoms with Crippen molar-refractivity contribution < 1.29 is 17.9 Å². The molecule has 1 unspecified atom stereocenters. The van der Waals surface area contributed by atoms with Crippen LogP contribution in [0.4, 0.5) is 18.9 Å². The highest BCUT2D eigenvalue weighted by Gasteiger charge is 2.34. The Bertz CT molecular complexity index is 600. The predicted octanol–water partition coefficient (Wildman–Crippen LogP) is 4.28. The summed E-state index contributed by atoms with van der Waals surface area (Å²) in [6, 6.07) is 7.10. The maximum atomic E-state index is 13.1. The number of pyridine rings is 1. The van der Waals surface area contributed by atoms with Gasteiger partial charge in [-0.25, -0.2) is 0 Å². The largest absolute Gasteiger partial charge is 0.497 e. The number of hydrogen-bond donors (Lipinski definition) is 1. The molecule has 0 bridgehead atoms. The molecule has 1 aromatic heterocycles. The molecule has 0 saturated heterocycles. The molecule has 2 rings (SSSR count). The average molecular weight is 296 g/mol. The predicted molar refractivity (Wildman–Crippen MR) is 74.3 cm³/mol. The van der Waals surface area contributed by atoms with Crippen LogP contribution < -0.4 is 10.1 Å². The molecule has 1 aromatic carbocycles.